The van der Waals surface area contributed by atoms with Crippen LogP contribution < -0.4 is 5.32 Å². The summed E-state index contributed by atoms with van der Waals surface area (Å²) in [5, 5.41) is 11.7. The van der Waals surface area contributed by atoms with E-state index in [9.17, 15) is 0 Å². The average molecular weight is 354 g/mol. The molecular formula is C16H12ClN7O. The standard InChI is InChI=1S/C16H12ClN7O/c1-24-14(17)9-15(22-24)21-16-18-7-5-12(20-16)10-3-2-4-11(19-10)13-6-8-25-23-13/h2-9H,1H3,(H,18,20,21,22). The fourth-order valence-electron chi connectivity index (χ4n) is 2.25. The average Bonchev–Trinajstić information content (AvgIpc) is 3.26. The fourth-order valence-corrected chi connectivity index (χ4v) is 2.39. The third-order valence-corrected chi connectivity index (χ3v) is 3.78. The van der Waals surface area contributed by atoms with E-state index in [-0.39, 0.29) is 0 Å². The number of hydrogen-bond donors (Lipinski definition) is 1. The van der Waals surface area contributed by atoms with Gasteiger partial charge >= 0.3 is 0 Å². The summed E-state index contributed by atoms with van der Waals surface area (Å²) in [6.45, 7) is 0. The highest BCUT2D eigenvalue weighted by Gasteiger charge is 2.09. The predicted molar refractivity (Wildman–Crippen MR) is 92.3 cm³/mol. The summed E-state index contributed by atoms with van der Waals surface area (Å²) in [6, 6.07) is 10.8. The normalized spacial score (nSPS) is 10.8. The van der Waals surface area contributed by atoms with Crippen molar-refractivity contribution < 1.29 is 4.52 Å². The number of nitrogens with zero attached hydrogens (tertiary/aromatic N) is 6. The number of pyridine rings is 1. The molecule has 0 aliphatic rings. The van der Waals surface area contributed by atoms with E-state index in [1.165, 1.54) is 6.26 Å². The van der Waals surface area contributed by atoms with Gasteiger partial charge < -0.3 is 9.84 Å². The van der Waals surface area contributed by atoms with Crippen LogP contribution in [0.5, 0.6) is 0 Å². The smallest absolute Gasteiger partial charge is 0.228 e. The van der Waals surface area contributed by atoms with Crippen LogP contribution in [-0.2, 0) is 7.05 Å². The summed E-state index contributed by atoms with van der Waals surface area (Å²) in [5.74, 6) is 0.967. The first kappa shape index (κ1) is 15.3. The minimum atomic E-state index is 0.404. The fraction of sp³-hybridized carbons (Fsp3) is 0.0625. The Labute approximate surface area is 147 Å². The minimum absolute atomic E-state index is 0.404. The van der Waals surface area contributed by atoms with Gasteiger partial charge in [-0.3, -0.25) is 4.68 Å². The van der Waals surface area contributed by atoms with Crippen molar-refractivity contribution in [1.82, 2.24) is 29.9 Å². The summed E-state index contributed by atoms with van der Waals surface area (Å²) >= 11 is 5.99. The summed E-state index contributed by atoms with van der Waals surface area (Å²) in [6.07, 6.45) is 3.16. The molecular weight excluding hydrogens is 342 g/mol. The van der Waals surface area contributed by atoms with Crippen LogP contribution in [0.4, 0.5) is 11.8 Å². The maximum atomic E-state index is 5.99. The van der Waals surface area contributed by atoms with Gasteiger partial charge in [-0.25, -0.2) is 15.0 Å². The molecule has 4 heterocycles. The van der Waals surface area contributed by atoms with Crippen molar-refractivity contribution in [2.75, 3.05) is 5.32 Å². The number of rotatable bonds is 4. The number of halogens is 1. The molecule has 0 atom stereocenters. The zero-order valence-electron chi connectivity index (χ0n) is 13.1. The van der Waals surface area contributed by atoms with Crippen LogP contribution in [0.3, 0.4) is 0 Å². The van der Waals surface area contributed by atoms with Crippen LogP contribution in [0.2, 0.25) is 5.15 Å². The molecule has 124 valence electrons. The molecule has 4 aromatic rings. The highest BCUT2D eigenvalue weighted by atomic mass is 35.5. The third-order valence-electron chi connectivity index (χ3n) is 3.43. The largest absolute Gasteiger partial charge is 0.364 e. The lowest BCUT2D eigenvalue weighted by molar-refractivity contribution is 0.422. The van der Waals surface area contributed by atoms with E-state index in [1.54, 1.807) is 36.1 Å². The Bertz CT molecular complexity index is 994. The highest BCUT2D eigenvalue weighted by molar-refractivity contribution is 6.29. The van der Waals surface area contributed by atoms with Crippen molar-refractivity contribution in [2.45, 2.75) is 0 Å². The van der Waals surface area contributed by atoms with Crippen molar-refractivity contribution in [3.8, 4) is 22.8 Å². The molecule has 0 radical (unpaired) electrons. The number of hydrogen-bond acceptors (Lipinski definition) is 7. The maximum absolute atomic E-state index is 5.99. The lowest BCUT2D eigenvalue weighted by Crippen LogP contribution is -2.00. The van der Waals surface area contributed by atoms with Crippen molar-refractivity contribution in [1.29, 1.82) is 0 Å². The van der Waals surface area contributed by atoms with E-state index >= 15 is 0 Å². The van der Waals surface area contributed by atoms with Gasteiger partial charge in [0.25, 0.3) is 0 Å². The van der Waals surface area contributed by atoms with Crippen molar-refractivity contribution >= 4 is 23.4 Å². The van der Waals surface area contributed by atoms with Gasteiger partial charge in [-0.05, 0) is 18.2 Å². The SMILES string of the molecule is Cn1nc(Nc2nccc(-c3cccc(-c4ccon4)n3)n2)cc1Cl. The first-order valence-corrected chi connectivity index (χ1v) is 7.74. The van der Waals surface area contributed by atoms with Crippen LogP contribution in [0.15, 0.2) is 53.4 Å². The Morgan fingerprint density at radius 1 is 1.04 bits per heavy atom. The van der Waals surface area contributed by atoms with Gasteiger partial charge in [-0.15, -0.1) is 0 Å². The Morgan fingerprint density at radius 3 is 2.56 bits per heavy atom. The van der Waals surface area contributed by atoms with Gasteiger partial charge in [0.2, 0.25) is 5.95 Å². The van der Waals surface area contributed by atoms with Gasteiger partial charge in [0, 0.05) is 25.4 Å². The van der Waals surface area contributed by atoms with Gasteiger partial charge in [0.05, 0.1) is 17.1 Å². The number of aryl methyl sites for hydroxylation is 1. The molecule has 0 saturated heterocycles. The predicted octanol–water partition coefficient (Wildman–Crippen LogP) is 3.32. The molecule has 9 heteroatoms. The Morgan fingerprint density at radius 2 is 1.84 bits per heavy atom. The van der Waals surface area contributed by atoms with Crippen LogP contribution in [-0.4, -0.2) is 29.9 Å². The van der Waals surface area contributed by atoms with Gasteiger partial charge in [-0.2, -0.15) is 5.10 Å². The molecule has 4 rings (SSSR count). The molecule has 4 aromatic heterocycles. The maximum Gasteiger partial charge on any atom is 0.228 e. The second-order valence-electron chi connectivity index (χ2n) is 5.16. The summed E-state index contributed by atoms with van der Waals surface area (Å²) in [5.41, 5.74) is 2.74. The molecule has 0 aliphatic carbocycles. The van der Waals surface area contributed by atoms with E-state index in [1.807, 2.05) is 18.2 Å². The second kappa shape index (κ2) is 6.33. The Balaban J connectivity index is 1.64. The van der Waals surface area contributed by atoms with Gasteiger partial charge in [-0.1, -0.05) is 22.8 Å². The molecule has 8 nitrogen and oxygen atoms in total. The van der Waals surface area contributed by atoms with E-state index in [0.717, 1.165) is 0 Å². The third kappa shape index (κ3) is 3.20. The van der Waals surface area contributed by atoms with Gasteiger partial charge in [0.15, 0.2) is 5.82 Å². The zero-order chi connectivity index (χ0) is 17.2. The van der Waals surface area contributed by atoms with E-state index in [0.29, 0.717) is 39.7 Å². The molecule has 0 fully saturated rings. The molecule has 25 heavy (non-hydrogen) atoms. The van der Waals surface area contributed by atoms with Crippen molar-refractivity contribution in [2.24, 2.45) is 7.05 Å². The molecule has 0 spiro atoms. The quantitative estimate of drug-likeness (QED) is 0.601. The van der Waals surface area contributed by atoms with E-state index < -0.39 is 0 Å². The molecule has 0 saturated carbocycles. The molecule has 0 bridgehead atoms. The highest BCUT2D eigenvalue weighted by Crippen LogP contribution is 2.22. The van der Waals surface area contributed by atoms with E-state index in [4.69, 9.17) is 16.1 Å². The summed E-state index contributed by atoms with van der Waals surface area (Å²) in [4.78, 5) is 13.3. The monoisotopic (exact) mass is 353 g/mol. The second-order valence-corrected chi connectivity index (χ2v) is 5.55. The number of anilines is 2. The van der Waals surface area contributed by atoms with Crippen LogP contribution in [0.25, 0.3) is 22.8 Å². The van der Waals surface area contributed by atoms with Crippen LogP contribution in [0, 0.1) is 0 Å². The van der Waals surface area contributed by atoms with Crippen LogP contribution >= 0.6 is 11.6 Å². The van der Waals surface area contributed by atoms with E-state index in [2.05, 4.69) is 30.5 Å². The molecule has 0 aromatic carbocycles. The summed E-state index contributed by atoms with van der Waals surface area (Å²) < 4.78 is 6.42. The topological polar surface area (TPSA) is 94.6 Å². The lowest BCUT2D eigenvalue weighted by atomic mass is 10.2. The number of nitrogens with one attached hydrogen (secondary N) is 1. The molecule has 0 aliphatic heterocycles. The molecule has 0 amide bonds. The molecule has 1 N–H and O–H groups in total. The number of aromatic nitrogens is 6. The zero-order valence-corrected chi connectivity index (χ0v) is 13.8. The van der Waals surface area contributed by atoms with Crippen LogP contribution in [0.1, 0.15) is 0 Å². The van der Waals surface area contributed by atoms with Crippen molar-refractivity contribution in [3.63, 3.8) is 0 Å². The lowest BCUT2D eigenvalue weighted by Gasteiger charge is -2.05. The van der Waals surface area contributed by atoms with Crippen molar-refractivity contribution in [3.05, 3.63) is 54.0 Å². The Kier molecular flexibility index (Phi) is 3.87. The van der Waals surface area contributed by atoms with Gasteiger partial charge in [0.1, 0.15) is 17.1 Å². The minimum Gasteiger partial charge on any atom is -0.364 e. The molecule has 0 unspecified atom stereocenters. The Hall–Kier alpha value is -3.26. The first-order chi connectivity index (χ1) is 12.2. The summed E-state index contributed by atoms with van der Waals surface area (Å²) in [7, 11) is 1.75. The first-order valence-electron chi connectivity index (χ1n) is 7.37.